The van der Waals surface area contributed by atoms with Crippen LogP contribution in [0.4, 0.5) is 0 Å². The first-order valence-electron chi connectivity index (χ1n) is 3.75. The second-order valence-corrected chi connectivity index (χ2v) is 3.59. The van der Waals surface area contributed by atoms with E-state index in [0.29, 0.717) is 0 Å². The van der Waals surface area contributed by atoms with Gasteiger partial charge in [-0.1, -0.05) is 52.3 Å². The van der Waals surface area contributed by atoms with Gasteiger partial charge in [0.05, 0.1) is 10.9 Å². The summed E-state index contributed by atoms with van der Waals surface area (Å²) >= 11 is 3.31. The Bertz CT molecular complexity index is 245. The normalized spacial score (nSPS) is 15.2. The highest BCUT2D eigenvalue weighted by Crippen LogP contribution is 2.22. The number of alkyl halides is 1. The molecule has 64 valence electrons. The molecule has 0 aliphatic carbocycles. The third-order valence-electron chi connectivity index (χ3n) is 1.67. The largest absolute Gasteiger partial charge is 0.387 e. The summed E-state index contributed by atoms with van der Waals surface area (Å²) in [6.45, 7) is 3.60. The summed E-state index contributed by atoms with van der Waals surface area (Å²) in [6.07, 6.45) is 1.17. The van der Waals surface area contributed by atoms with Crippen molar-refractivity contribution in [2.45, 2.75) is 10.9 Å². The summed E-state index contributed by atoms with van der Waals surface area (Å²) in [5, 5.41) is 9.67. The van der Waals surface area contributed by atoms with Gasteiger partial charge in [-0.3, -0.25) is 0 Å². The Morgan fingerprint density at radius 2 is 1.92 bits per heavy atom. The maximum Gasteiger partial charge on any atom is 0.0949 e. The Morgan fingerprint density at radius 3 is 2.42 bits per heavy atom. The third-order valence-corrected chi connectivity index (χ3v) is 2.54. The zero-order valence-electron chi connectivity index (χ0n) is 6.65. The van der Waals surface area contributed by atoms with Crippen LogP contribution in [0.25, 0.3) is 0 Å². The van der Waals surface area contributed by atoms with Gasteiger partial charge in [-0.2, -0.15) is 0 Å². The van der Waals surface area contributed by atoms with Gasteiger partial charge in [0.15, 0.2) is 0 Å². The molecule has 0 aliphatic heterocycles. The van der Waals surface area contributed by atoms with Gasteiger partial charge in [0, 0.05) is 0 Å². The second-order valence-electron chi connectivity index (χ2n) is 2.54. The molecule has 2 heteroatoms. The minimum atomic E-state index is -0.510. The van der Waals surface area contributed by atoms with E-state index in [2.05, 4.69) is 22.5 Å². The van der Waals surface area contributed by atoms with Gasteiger partial charge in [-0.25, -0.2) is 0 Å². The maximum atomic E-state index is 9.67. The zero-order chi connectivity index (χ0) is 8.97. The molecule has 0 heterocycles. The van der Waals surface area contributed by atoms with Crippen molar-refractivity contribution in [3.05, 3.63) is 48.6 Å². The molecular formula is C10H11BrO. The monoisotopic (exact) mass is 226 g/mol. The number of hydrogen-bond acceptors (Lipinski definition) is 1. The fourth-order valence-electron chi connectivity index (χ4n) is 0.963. The summed E-state index contributed by atoms with van der Waals surface area (Å²) in [7, 11) is 0. The molecule has 0 radical (unpaired) electrons. The average molecular weight is 227 g/mol. The number of hydrogen-bond donors (Lipinski definition) is 1. The van der Waals surface area contributed by atoms with Gasteiger partial charge in [0.25, 0.3) is 0 Å². The van der Waals surface area contributed by atoms with Crippen LogP contribution in [0.1, 0.15) is 11.7 Å². The Hall–Kier alpha value is -0.600. The molecule has 1 nitrogen and oxygen atoms in total. The SMILES string of the molecule is C=C[C@H](Br)[C@H](O)c1ccccc1. The van der Waals surface area contributed by atoms with Gasteiger partial charge >= 0.3 is 0 Å². The topological polar surface area (TPSA) is 20.2 Å². The van der Waals surface area contributed by atoms with E-state index in [4.69, 9.17) is 0 Å². The Balaban J connectivity index is 2.78. The molecule has 1 N–H and O–H groups in total. The Labute approximate surface area is 80.9 Å². The highest BCUT2D eigenvalue weighted by Gasteiger charge is 2.13. The first-order chi connectivity index (χ1) is 5.75. The molecular weight excluding hydrogens is 216 g/mol. The van der Waals surface area contributed by atoms with Gasteiger partial charge < -0.3 is 5.11 Å². The lowest BCUT2D eigenvalue weighted by atomic mass is 10.1. The fourth-order valence-corrected chi connectivity index (χ4v) is 1.27. The molecule has 12 heavy (non-hydrogen) atoms. The van der Waals surface area contributed by atoms with Crippen molar-refractivity contribution in [3.63, 3.8) is 0 Å². The first-order valence-corrected chi connectivity index (χ1v) is 4.67. The standard InChI is InChI=1S/C10H11BrO/c1-2-9(11)10(12)8-6-4-3-5-7-8/h2-7,9-10,12H,1H2/t9-,10+/m0/s1. The highest BCUT2D eigenvalue weighted by atomic mass is 79.9. The first kappa shape index (κ1) is 9.49. The molecule has 2 atom stereocenters. The maximum absolute atomic E-state index is 9.67. The summed E-state index contributed by atoms with van der Waals surface area (Å²) < 4.78 is 0. The molecule has 0 unspecified atom stereocenters. The third kappa shape index (κ3) is 2.19. The molecule has 0 fully saturated rings. The van der Waals surface area contributed by atoms with E-state index in [9.17, 15) is 5.11 Å². The van der Waals surface area contributed by atoms with Crippen molar-refractivity contribution in [2.24, 2.45) is 0 Å². The zero-order valence-corrected chi connectivity index (χ0v) is 8.24. The van der Waals surface area contributed by atoms with Crippen molar-refractivity contribution in [2.75, 3.05) is 0 Å². The van der Waals surface area contributed by atoms with Gasteiger partial charge in [-0.05, 0) is 5.56 Å². The molecule has 0 aliphatic rings. The van der Waals surface area contributed by atoms with Crippen molar-refractivity contribution >= 4 is 15.9 Å². The van der Waals surface area contributed by atoms with Crippen LogP contribution in [0.15, 0.2) is 43.0 Å². The lowest BCUT2D eigenvalue weighted by Gasteiger charge is -2.13. The number of benzene rings is 1. The van der Waals surface area contributed by atoms with Crippen molar-refractivity contribution in [1.29, 1.82) is 0 Å². The number of aliphatic hydroxyl groups is 1. The average Bonchev–Trinajstić information content (AvgIpc) is 2.17. The van der Waals surface area contributed by atoms with E-state index >= 15 is 0 Å². The summed E-state index contributed by atoms with van der Waals surface area (Å²) in [4.78, 5) is -0.0834. The lowest BCUT2D eigenvalue weighted by Crippen LogP contribution is -2.08. The van der Waals surface area contributed by atoms with Crippen molar-refractivity contribution in [3.8, 4) is 0 Å². The Morgan fingerprint density at radius 1 is 1.33 bits per heavy atom. The predicted octanol–water partition coefficient (Wildman–Crippen LogP) is 2.67. The quantitative estimate of drug-likeness (QED) is 0.621. The molecule has 0 saturated heterocycles. The summed E-state index contributed by atoms with van der Waals surface area (Å²) in [5.74, 6) is 0. The minimum absolute atomic E-state index is 0.0834. The lowest BCUT2D eigenvalue weighted by molar-refractivity contribution is 0.188. The van der Waals surface area contributed by atoms with Crippen LogP contribution < -0.4 is 0 Å². The number of aliphatic hydroxyl groups excluding tert-OH is 1. The van der Waals surface area contributed by atoms with Crippen molar-refractivity contribution in [1.82, 2.24) is 0 Å². The highest BCUT2D eigenvalue weighted by molar-refractivity contribution is 9.09. The van der Waals surface area contributed by atoms with Crippen LogP contribution in [0, 0.1) is 0 Å². The van der Waals surface area contributed by atoms with Gasteiger partial charge in [0.1, 0.15) is 0 Å². The van der Waals surface area contributed by atoms with Crippen LogP contribution in [0.2, 0.25) is 0 Å². The molecule has 1 aromatic rings. The van der Waals surface area contributed by atoms with E-state index < -0.39 is 6.10 Å². The molecule has 0 aromatic heterocycles. The Kier molecular flexibility index (Phi) is 3.50. The van der Waals surface area contributed by atoms with Crippen LogP contribution >= 0.6 is 15.9 Å². The fraction of sp³-hybridized carbons (Fsp3) is 0.200. The molecule has 0 bridgehead atoms. The minimum Gasteiger partial charge on any atom is -0.387 e. The molecule has 0 saturated carbocycles. The van der Waals surface area contributed by atoms with Gasteiger partial charge in [-0.15, -0.1) is 6.58 Å². The molecule has 1 aromatic carbocycles. The van der Waals surface area contributed by atoms with Crippen LogP contribution in [0.3, 0.4) is 0 Å². The smallest absolute Gasteiger partial charge is 0.0949 e. The summed E-state index contributed by atoms with van der Waals surface area (Å²) in [5.41, 5.74) is 0.902. The predicted molar refractivity (Wildman–Crippen MR) is 54.3 cm³/mol. The van der Waals surface area contributed by atoms with Crippen LogP contribution in [0.5, 0.6) is 0 Å². The summed E-state index contributed by atoms with van der Waals surface area (Å²) in [6, 6.07) is 9.51. The van der Waals surface area contributed by atoms with Crippen molar-refractivity contribution < 1.29 is 5.11 Å². The molecule has 0 spiro atoms. The molecule has 0 amide bonds. The second kappa shape index (κ2) is 4.43. The molecule has 1 rings (SSSR count). The van der Waals surface area contributed by atoms with Crippen LogP contribution in [-0.2, 0) is 0 Å². The van der Waals surface area contributed by atoms with E-state index in [-0.39, 0.29) is 4.83 Å². The van der Waals surface area contributed by atoms with Gasteiger partial charge in [0.2, 0.25) is 0 Å². The number of rotatable bonds is 3. The van der Waals surface area contributed by atoms with E-state index in [1.807, 2.05) is 30.3 Å². The van der Waals surface area contributed by atoms with E-state index in [1.54, 1.807) is 6.08 Å². The van der Waals surface area contributed by atoms with Crippen LogP contribution in [-0.4, -0.2) is 9.93 Å². The van der Waals surface area contributed by atoms with E-state index in [1.165, 1.54) is 0 Å². The number of halogens is 1. The van der Waals surface area contributed by atoms with E-state index in [0.717, 1.165) is 5.56 Å².